The lowest BCUT2D eigenvalue weighted by Gasteiger charge is -2.48. The summed E-state index contributed by atoms with van der Waals surface area (Å²) >= 11 is 0. The predicted octanol–water partition coefficient (Wildman–Crippen LogP) is 2.78. The van der Waals surface area contributed by atoms with E-state index in [0.717, 1.165) is 6.04 Å². The first-order valence-corrected chi connectivity index (χ1v) is 7.14. The Hall–Kier alpha value is -0.0800. The molecule has 0 heterocycles. The van der Waals surface area contributed by atoms with Gasteiger partial charge >= 0.3 is 0 Å². The lowest BCUT2D eigenvalue weighted by Crippen LogP contribution is -2.57. The molecule has 0 aromatic rings. The number of hydrogen-bond acceptors (Lipinski definition) is 2. The van der Waals surface area contributed by atoms with Crippen LogP contribution in [0, 0.1) is 0 Å². The Morgan fingerprint density at radius 3 is 2.06 bits per heavy atom. The van der Waals surface area contributed by atoms with Crippen molar-refractivity contribution in [3.05, 3.63) is 0 Å². The molecule has 0 amide bonds. The molecule has 2 rings (SSSR count). The van der Waals surface area contributed by atoms with Gasteiger partial charge in [0.05, 0.1) is 0 Å². The van der Waals surface area contributed by atoms with Gasteiger partial charge in [0.15, 0.2) is 0 Å². The van der Waals surface area contributed by atoms with E-state index in [1.165, 1.54) is 64.3 Å². The van der Waals surface area contributed by atoms with E-state index in [0.29, 0.717) is 5.54 Å². The van der Waals surface area contributed by atoms with Gasteiger partial charge < -0.3 is 10.2 Å². The molecule has 0 unspecified atom stereocenters. The van der Waals surface area contributed by atoms with Crippen molar-refractivity contribution in [2.75, 3.05) is 20.6 Å². The highest BCUT2D eigenvalue weighted by Gasteiger charge is 2.38. The summed E-state index contributed by atoms with van der Waals surface area (Å²) in [4.78, 5) is 2.44. The van der Waals surface area contributed by atoms with Crippen molar-refractivity contribution in [2.45, 2.75) is 69.4 Å². The zero-order chi connectivity index (χ0) is 11.4. The minimum atomic E-state index is 0.492. The summed E-state index contributed by atoms with van der Waals surface area (Å²) in [5.74, 6) is 0. The Morgan fingerprint density at radius 1 is 1.00 bits per heavy atom. The van der Waals surface area contributed by atoms with Crippen molar-refractivity contribution >= 4 is 0 Å². The van der Waals surface area contributed by atoms with Crippen LogP contribution in [0.5, 0.6) is 0 Å². The second kappa shape index (κ2) is 5.50. The van der Waals surface area contributed by atoms with Crippen LogP contribution in [-0.4, -0.2) is 37.1 Å². The summed E-state index contributed by atoms with van der Waals surface area (Å²) in [7, 11) is 4.49. The maximum Gasteiger partial charge on any atom is 0.0328 e. The topological polar surface area (TPSA) is 15.3 Å². The summed E-state index contributed by atoms with van der Waals surface area (Å²) in [6, 6.07) is 0.805. The molecule has 94 valence electrons. The summed E-state index contributed by atoms with van der Waals surface area (Å²) in [6.07, 6.45) is 12.8. The molecule has 0 atom stereocenters. The van der Waals surface area contributed by atoms with Gasteiger partial charge in [-0.15, -0.1) is 0 Å². The SMILES string of the molecule is CN(C)C1(CNC2CCCCCC2)CCC1. The van der Waals surface area contributed by atoms with E-state index < -0.39 is 0 Å². The number of nitrogens with zero attached hydrogens (tertiary/aromatic N) is 1. The quantitative estimate of drug-likeness (QED) is 0.739. The molecular formula is C14H28N2. The molecule has 0 aromatic carbocycles. The highest BCUT2D eigenvalue weighted by atomic mass is 15.2. The summed E-state index contributed by atoms with van der Waals surface area (Å²) in [6.45, 7) is 1.21. The first-order valence-electron chi connectivity index (χ1n) is 7.14. The molecule has 0 bridgehead atoms. The summed E-state index contributed by atoms with van der Waals surface area (Å²) in [5, 5.41) is 3.84. The summed E-state index contributed by atoms with van der Waals surface area (Å²) < 4.78 is 0. The fourth-order valence-electron chi connectivity index (χ4n) is 3.18. The number of likely N-dealkylation sites (N-methyl/N-ethyl adjacent to an activating group) is 1. The van der Waals surface area contributed by atoms with Crippen LogP contribution in [0.15, 0.2) is 0 Å². The maximum absolute atomic E-state index is 3.84. The average molecular weight is 224 g/mol. The van der Waals surface area contributed by atoms with Crippen LogP contribution in [0.2, 0.25) is 0 Å². The number of nitrogens with one attached hydrogen (secondary N) is 1. The largest absolute Gasteiger partial charge is 0.312 e. The van der Waals surface area contributed by atoms with Gasteiger partial charge in [-0.05, 0) is 46.2 Å². The van der Waals surface area contributed by atoms with E-state index in [1.54, 1.807) is 0 Å². The monoisotopic (exact) mass is 224 g/mol. The van der Waals surface area contributed by atoms with Gasteiger partial charge in [-0.3, -0.25) is 0 Å². The number of hydrogen-bond donors (Lipinski definition) is 1. The van der Waals surface area contributed by atoms with Crippen LogP contribution < -0.4 is 5.32 Å². The minimum absolute atomic E-state index is 0.492. The highest BCUT2D eigenvalue weighted by molar-refractivity contribution is 4.98. The second-order valence-corrected chi connectivity index (χ2v) is 6.04. The third-order valence-corrected chi connectivity index (χ3v) is 4.81. The Bertz CT molecular complexity index is 201. The Morgan fingerprint density at radius 2 is 1.62 bits per heavy atom. The normalized spacial score (nSPS) is 26.4. The summed E-state index contributed by atoms with van der Waals surface area (Å²) in [5.41, 5.74) is 0.492. The van der Waals surface area contributed by atoms with Crippen molar-refractivity contribution in [3.8, 4) is 0 Å². The fourth-order valence-corrected chi connectivity index (χ4v) is 3.18. The molecule has 0 spiro atoms. The molecule has 2 fully saturated rings. The number of rotatable bonds is 4. The van der Waals surface area contributed by atoms with E-state index in [4.69, 9.17) is 0 Å². The smallest absolute Gasteiger partial charge is 0.0328 e. The lowest BCUT2D eigenvalue weighted by molar-refractivity contribution is 0.0565. The van der Waals surface area contributed by atoms with Gasteiger partial charge in [-0.25, -0.2) is 0 Å². The van der Waals surface area contributed by atoms with Gasteiger partial charge in [0, 0.05) is 18.1 Å². The van der Waals surface area contributed by atoms with Crippen LogP contribution in [0.3, 0.4) is 0 Å². The molecule has 0 radical (unpaired) electrons. The first kappa shape index (κ1) is 12.4. The van der Waals surface area contributed by atoms with Crippen molar-refractivity contribution < 1.29 is 0 Å². The Kier molecular flexibility index (Phi) is 4.26. The van der Waals surface area contributed by atoms with Crippen molar-refractivity contribution in [3.63, 3.8) is 0 Å². The molecule has 0 aliphatic heterocycles. The molecule has 2 heteroatoms. The molecule has 2 aliphatic carbocycles. The molecule has 0 saturated heterocycles. The van der Waals surface area contributed by atoms with E-state index in [-0.39, 0.29) is 0 Å². The van der Waals surface area contributed by atoms with E-state index in [9.17, 15) is 0 Å². The van der Waals surface area contributed by atoms with Crippen LogP contribution in [0.4, 0.5) is 0 Å². The van der Waals surface area contributed by atoms with Crippen LogP contribution in [0.1, 0.15) is 57.8 Å². The zero-order valence-electron chi connectivity index (χ0n) is 11.1. The molecule has 1 N–H and O–H groups in total. The molecule has 0 aromatic heterocycles. The first-order chi connectivity index (χ1) is 7.73. The van der Waals surface area contributed by atoms with Crippen LogP contribution in [0.25, 0.3) is 0 Å². The van der Waals surface area contributed by atoms with E-state index in [2.05, 4.69) is 24.3 Å². The fraction of sp³-hybridized carbons (Fsp3) is 1.00. The second-order valence-electron chi connectivity index (χ2n) is 6.04. The molecule has 2 aliphatic rings. The van der Waals surface area contributed by atoms with E-state index >= 15 is 0 Å². The molecule has 2 saturated carbocycles. The van der Waals surface area contributed by atoms with Crippen LogP contribution >= 0.6 is 0 Å². The minimum Gasteiger partial charge on any atom is -0.312 e. The predicted molar refractivity (Wildman–Crippen MR) is 69.8 cm³/mol. The molecular weight excluding hydrogens is 196 g/mol. The van der Waals surface area contributed by atoms with Crippen molar-refractivity contribution in [1.82, 2.24) is 10.2 Å². The Balaban J connectivity index is 1.76. The van der Waals surface area contributed by atoms with Crippen molar-refractivity contribution in [1.29, 1.82) is 0 Å². The van der Waals surface area contributed by atoms with E-state index in [1.807, 2.05) is 0 Å². The maximum atomic E-state index is 3.84. The van der Waals surface area contributed by atoms with Gasteiger partial charge in [-0.1, -0.05) is 25.7 Å². The van der Waals surface area contributed by atoms with Gasteiger partial charge in [0.2, 0.25) is 0 Å². The molecule has 16 heavy (non-hydrogen) atoms. The average Bonchev–Trinajstić information content (AvgIpc) is 2.44. The van der Waals surface area contributed by atoms with Gasteiger partial charge in [0.25, 0.3) is 0 Å². The third kappa shape index (κ3) is 2.78. The lowest BCUT2D eigenvalue weighted by atomic mass is 9.75. The Labute approximate surface area is 101 Å². The standard InChI is InChI=1S/C14H28N2/c1-16(2)14(10-7-11-14)12-15-13-8-5-3-4-6-9-13/h13,15H,3-12H2,1-2H3. The highest BCUT2D eigenvalue weighted by Crippen LogP contribution is 2.35. The van der Waals surface area contributed by atoms with Crippen LogP contribution in [-0.2, 0) is 0 Å². The van der Waals surface area contributed by atoms with Gasteiger partial charge in [-0.2, -0.15) is 0 Å². The van der Waals surface area contributed by atoms with Gasteiger partial charge in [0.1, 0.15) is 0 Å². The van der Waals surface area contributed by atoms with Crippen molar-refractivity contribution in [2.24, 2.45) is 0 Å². The third-order valence-electron chi connectivity index (χ3n) is 4.81. The molecule has 2 nitrogen and oxygen atoms in total. The zero-order valence-corrected chi connectivity index (χ0v) is 11.1.